The van der Waals surface area contributed by atoms with Gasteiger partial charge in [-0.05, 0) is 49.1 Å². The highest BCUT2D eigenvalue weighted by molar-refractivity contribution is 5.83. The molecule has 1 N–H and O–H groups in total. The van der Waals surface area contributed by atoms with Crippen LogP contribution in [0.2, 0.25) is 0 Å². The molecule has 0 unspecified atom stereocenters. The molecule has 0 radical (unpaired) electrons. The van der Waals surface area contributed by atoms with E-state index in [1.807, 2.05) is 12.1 Å². The highest BCUT2D eigenvalue weighted by Gasteiger charge is 2.06. The van der Waals surface area contributed by atoms with Crippen LogP contribution in [0.15, 0.2) is 24.3 Å². The van der Waals surface area contributed by atoms with Gasteiger partial charge in [0.1, 0.15) is 11.6 Å². The van der Waals surface area contributed by atoms with Gasteiger partial charge in [0.15, 0.2) is 0 Å². The number of aryl methyl sites for hydroxylation is 1. The van der Waals surface area contributed by atoms with Crippen molar-refractivity contribution in [3.05, 3.63) is 29.8 Å². The molecule has 1 aromatic carbocycles. The predicted octanol–water partition coefficient (Wildman–Crippen LogP) is 4.41. The quantitative estimate of drug-likeness (QED) is 0.810. The van der Waals surface area contributed by atoms with E-state index < -0.39 is 0 Å². The number of ether oxygens (including phenoxy) is 1. The SMILES string of the molecule is CCCNc1nc2ccc(OCCC)cc2cc1CC. The van der Waals surface area contributed by atoms with Crippen molar-refractivity contribution in [2.45, 2.75) is 40.0 Å². The fourth-order valence-electron chi connectivity index (χ4n) is 2.17. The highest BCUT2D eigenvalue weighted by Crippen LogP contribution is 2.25. The minimum atomic E-state index is 0.760. The van der Waals surface area contributed by atoms with Crippen molar-refractivity contribution in [1.29, 1.82) is 0 Å². The molecule has 0 bridgehead atoms. The van der Waals surface area contributed by atoms with Crippen molar-refractivity contribution in [3.8, 4) is 5.75 Å². The summed E-state index contributed by atoms with van der Waals surface area (Å²) >= 11 is 0. The Balaban J connectivity index is 2.34. The topological polar surface area (TPSA) is 34.2 Å². The van der Waals surface area contributed by atoms with Gasteiger partial charge in [0.2, 0.25) is 0 Å². The lowest BCUT2D eigenvalue weighted by atomic mass is 10.1. The average molecular weight is 272 g/mol. The number of nitrogens with zero attached hydrogens (tertiary/aromatic N) is 1. The number of aromatic nitrogens is 1. The van der Waals surface area contributed by atoms with Crippen LogP contribution in [0, 0.1) is 0 Å². The molecule has 0 fully saturated rings. The second-order valence-electron chi connectivity index (χ2n) is 4.98. The van der Waals surface area contributed by atoms with Crippen LogP contribution in [-0.4, -0.2) is 18.1 Å². The monoisotopic (exact) mass is 272 g/mol. The van der Waals surface area contributed by atoms with Crippen molar-refractivity contribution in [3.63, 3.8) is 0 Å². The first-order valence-electron chi connectivity index (χ1n) is 7.58. The summed E-state index contributed by atoms with van der Waals surface area (Å²) in [6, 6.07) is 8.34. The van der Waals surface area contributed by atoms with Crippen molar-refractivity contribution in [2.75, 3.05) is 18.5 Å². The number of anilines is 1. The third kappa shape index (κ3) is 3.41. The van der Waals surface area contributed by atoms with E-state index in [1.54, 1.807) is 0 Å². The van der Waals surface area contributed by atoms with E-state index in [0.717, 1.165) is 54.9 Å². The first-order chi connectivity index (χ1) is 9.78. The number of pyridine rings is 1. The molecule has 0 atom stereocenters. The number of rotatable bonds is 7. The summed E-state index contributed by atoms with van der Waals surface area (Å²) in [6.07, 6.45) is 3.11. The fourth-order valence-corrected chi connectivity index (χ4v) is 2.17. The second kappa shape index (κ2) is 7.13. The molecular weight excluding hydrogens is 248 g/mol. The molecular formula is C17H24N2O. The molecule has 1 heterocycles. The summed E-state index contributed by atoms with van der Waals surface area (Å²) in [5.41, 5.74) is 2.28. The molecule has 0 aliphatic heterocycles. The van der Waals surface area contributed by atoms with Crippen LogP contribution in [0.5, 0.6) is 5.75 Å². The summed E-state index contributed by atoms with van der Waals surface area (Å²) < 4.78 is 5.69. The summed E-state index contributed by atoms with van der Waals surface area (Å²) in [6.45, 7) is 8.16. The number of fused-ring (bicyclic) bond motifs is 1. The van der Waals surface area contributed by atoms with E-state index in [2.05, 4.69) is 38.2 Å². The molecule has 108 valence electrons. The molecule has 2 rings (SSSR count). The van der Waals surface area contributed by atoms with Crippen LogP contribution in [0.3, 0.4) is 0 Å². The van der Waals surface area contributed by atoms with E-state index in [1.165, 1.54) is 5.56 Å². The number of nitrogens with one attached hydrogen (secondary N) is 1. The van der Waals surface area contributed by atoms with Crippen LogP contribution in [0.25, 0.3) is 10.9 Å². The molecule has 1 aromatic heterocycles. The molecule has 0 amide bonds. The Morgan fingerprint density at radius 3 is 2.65 bits per heavy atom. The van der Waals surface area contributed by atoms with E-state index in [-0.39, 0.29) is 0 Å². The van der Waals surface area contributed by atoms with Crippen molar-refractivity contribution in [2.24, 2.45) is 0 Å². The van der Waals surface area contributed by atoms with Gasteiger partial charge in [-0.3, -0.25) is 0 Å². The lowest BCUT2D eigenvalue weighted by Gasteiger charge is -2.12. The third-order valence-electron chi connectivity index (χ3n) is 3.26. The van der Waals surface area contributed by atoms with Crippen LogP contribution in [0.4, 0.5) is 5.82 Å². The molecule has 0 spiro atoms. The van der Waals surface area contributed by atoms with E-state index in [0.29, 0.717) is 0 Å². The maximum Gasteiger partial charge on any atom is 0.129 e. The fraction of sp³-hybridized carbons (Fsp3) is 0.471. The molecule has 2 aromatic rings. The van der Waals surface area contributed by atoms with E-state index in [4.69, 9.17) is 9.72 Å². The Kier molecular flexibility index (Phi) is 5.22. The second-order valence-corrected chi connectivity index (χ2v) is 4.98. The maximum atomic E-state index is 5.69. The highest BCUT2D eigenvalue weighted by atomic mass is 16.5. The maximum absolute atomic E-state index is 5.69. The summed E-state index contributed by atoms with van der Waals surface area (Å²) in [5.74, 6) is 1.95. The Bertz CT molecular complexity index is 566. The van der Waals surface area contributed by atoms with Gasteiger partial charge in [0, 0.05) is 11.9 Å². The largest absolute Gasteiger partial charge is 0.494 e. The van der Waals surface area contributed by atoms with Crippen LogP contribution >= 0.6 is 0 Å². The van der Waals surface area contributed by atoms with Crippen molar-refractivity contribution < 1.29 is 4.74 Å². The average Bonchev–Trinajstić information content (AvgIpc) is 2.49. The van der Waals surface area contributed by atoms with Crippen molar-refractivity contribution in [1.82, 2.24) is 4.98 Å². The normalized spacial score (nSPS) is 10.8. The van der Waals surface area contributed by atoms with Crippen LogP contribution in [0.1, 0.15) is 39.2 Å². The van der Waals surface area contributed by atoms with E-state index in [9.17, 15) is 0 Å². The zero-order valence-corrected chi connectivity index (χ0v) is 12.7. The first kappa shape index (κ1) is 14.6. The lowest BCUT2D eigenvalue weighted by molar-refractivity contribution is 0.318. The van der Waals surface area contributed by atoms with Gasteiger partial charge < -0.3 is 10.1 Å². The third-order valence-corrected chi connectivity index (χ3v) is 3.26. The zero-order valence-electron chi connectivity index (χ0n) is 12.7. The van der Waals surface area contributed by atoms with Gasteiger partial charge in [-0.2, -0.15) is 0 Å². The standard InChI is InChI=1S/C17H24N2O/c1-4-9-18-17-13(6-3)11-14-12-15(20-10-5-2)7-8-16(14)19-17/h7-8,11-12H,4-6,9-10H2,1-3H3,(H,18,19). The smallest absolute Gasteiger partial charge is 0.129 e. The summed E-state index contributed by atoms with van der Waals surface area (Å²) in [4.78, 5) is 4.74. The van der Waals surface area contributed by atoms with Gasteiger partial charge in [-0.25, -0.2) is 4.98 Å². The molecule has 20 heavy (non-hydrogen) atoms. The molecule has 0 saturated carbocycles. The van der Waals surface area contributed by atoms with Gasteiger partial charge in [-0.15, -0.1) is 0 Å². The van der Waals surface area contributed by atoms with Crippen LogP contribution in [-0.2, 0) is 6.42 Å². The van der Waals surface area contributed by atoms with Crippen LogP contribution < -0.4 is 10.1 Å². The molecule has 0 aliphatic rings. The predicted molar refractivity (Wildman–Crippen MR) is 85.7 cm³/mol. The van der Waals surface area contributed by atoms with Gasteiger partial charge in [-0.1, -0.05) is 20.8 Å². The summed E-state index contributed by atoms with van der Waals surface area (Å²) in [7, 11) is 0. The minimum Gasteiger partial charge on any atom is -0.494 e. The Hall–Kier alpha value is -1.77. The number of hydrogen-bond acceptors (Lipinski definition) is 3. The van der Waals surface area contributed by atoms with Gasteiger partial charge in [0.05, 0.1) is 12.1 Å². The number of hydrogen-bond donors (Lipinski definition) is 1. The Morgan fingerprint density at radius 2 is 1.95 bits per heavy atom. The van der Waals surface area contributed by atoms with Gasteiger partial charge in [0.25, 0.3) is 0 Å². The molecule has 0 aliphatic carbocycles. The number of benzene rings is 1. The van der Waals surface area contributed by atoms with Crippen molar-refractivity contribution >= 4 is 16.7 Å². The molecule has 0 saturated heterocycles. The lowest BCUT2D eigenvalue weighted by Crippen LogP contribution is -2.05. The van der Waals surface area contributed by atoms with Gasteiger partial charge >= 0.3 is 0 Å². The summed E-state index contributed by atoms with van der Waals surface area (Å²) in [5, 5.41) is 4.56. The first-order valence-corrected chi connectivity index (χ1v) is 7.58. The van der Waals surface area contributed by atoms with E-state index >= 15 is 0 Å². The Morgan fingerprint density at radius 1 is 1.10 bits per heavy atom. The Labute approximate surface area is 121 Å². The zero-order chi connectivity index (χ0) is 14.4. The minimum absolute atomic E-state index is 0.760. The molecule has 3 nitrogen and oxygen atoms in total. The molecule has 3 heteroatoms.